The summed E-state index contributed by atoms with van der Waals surface area (Å²) in [6.45, 7) is 1.53. The molecule has 0 unspecified atom stereocenters. The van der Waals surface area contributed by atoms with E-state index in [-0.39, 0.29) is 12.2 Å². The number of para-hydroxylation sites is 1. The SMILES string of the molecule is C[C@@H](OC(=O)CCSc1ccc(F)c(F)c1)C(=O)c1c[nH]c2ccccc12. The van der Waals surface area contributed by atoms with Gasteiger partial charge in [-0.2, -0.15) is 0 Å². The molecule has 0 bridgehead atoms. The lowest BCUT2D eigenvalue weighted by Gasteiger charge is -2.12. The highest BCUT2D eigenvalue weighted by Gasteiger charge is 2.22. The number of benzene rings is 2. The molecule has 140 valence electrons. The zero-order chi connectivity index (χ0) is 19.4. The first-order valence-electron chi connectivity index (χ1n) is 8.33. The van der Waals surface area contributed by atoms with Crippen molar-refractivity contribution in [2.75, 3.05) is 5.75 Å². The lowest BCUT2D eigenvalue weighted by molar-refractivity contribution is -0.145. The van der Waals surface area contributed by atoms with Gasteiger partial charge in [-0.05, 0) is 31.2 Å². The molecule has 0 fully saturated rings. The van der Waals surface area contributed by atoms with Gasteiger partial charge in [0.05, 0.1) is 6.42 Å². The third kappa shape index (κ3) is 4.54. The summed E-state index contributed by atoms with van der Waals surface area (Å²) in [4.78, 5) is 28.0. The van der Waals surface area contributed by atoms with Gasteiger partial charge in [-0.25, -0.2) is 8.78 Å². The minimum absolute atomic E-state index is 0.0508. The monoisotopic (exact) mass is 389 g/mol. The zero-order valence-electron chi connectivity index (χ0n) is 14.5. The van der Waals surface area contributed by atoms with Crippen LogP contribution in [0.3, 0.4) is 0 Å². The molecule has 3 aromatic rings. The standard InChI is InChI=1S/C20H17F2NO3S/c1-12(20(25)15-11-23-18-5-3-2-4-14(15)18)26-19(24)8-9-27-13-6-7-16(21)17(22)10-13/h2-7,10-12,23H,8-9H2,1H3/t12-/m1/s1. The zero-order valence-corrected chi connectivity index (χ0v) is 15.3. The van der Waals surface area contributed by atoms with Crippen LogP contribution in [0.2, 0.25) is 0 Å². The molecule has 0 saturated heterocycles. The molecule has 4 nitrogen and oxygen atoms in total. The summed E-state index contributed by atoms with van der Waals surface area (Å²) in [5, 5.41) is 0.777. The topological polar surface area (TPSA) is 59.2 Å². The van der Waals surface area contributed by atoms with Crippen molar-refractivity contribution in [3.63, 3.8) is 0 Å². The van der Waals surface area contributed by atoms with Crippen LogP contribution in [0.5, 0.6) is 0 Å². The number of aromatic nitrogens is 1. The normalized spacial score (nSPS) is 12.1. The minimum Gasteiger partial charge on any atom is -0.454 e. The Labute approximate surface area is 158 Å². The number of thioether (sulfide) groups is 1. The van der Waals surface area contributed by atoms with Crippen LogP contribution in [0.1, 0.15) is 23.7 Å². The Hall–Kier alpha value is -2.67. The summed E-state index contributed by atoms with van der Waals surface area (Å²) >= 11 is 1.21. The molecule has 0 spiro atoms. The van der Waals surface area contributed by atoms with Crippen molar-refractivity contribution in [3.8, 4) is 0 Å². The maximum atomic E-state index is 13.2. The Balaban J connectivity index is 1.52. The van der Waals surface area contributed by atoms with Crippen molar-refractivity contribution in [3.05, 3.63) is 65.9 Å². The third-order valence-corrected chi connectivity index (χ3v) is 4.99. The van der Waals surface area contributed by atoms with E-state index in [0.717, 1.165) is 23.0 Å². The first-order chi connectivity index (χ1) is 13.0. The molecule has 1 N–H and O–H groups in total. The second-order valence-corrected chi connectivity index (χ2v) is 7.09. The Kier molecular flexibility index (Phi) is 5.91. The van der Waals surface area contributed by atoms with Crippen molar-refractivity contribution < 1.29 is 23.1 Å². The molecule has 0 aliphatic carbocycles. The molecule has 27 heavy (non-hydrogen) atoms. The van der Waals surface area contributed by atoms with Gasteiger partial charge in [0.1, 0.15) is 0 Å². The number of fused-ring (bicyclic) bond motifs is 1. The molecule has 0 radical (unpaired) electrons. The number of esters is 1. The first kappa shape index (κ1) is 19.1. The number of aromatic amines is 1. The third-order valence-electron chi connectivity index (χ3n) is 4.00. The van der Waals surface area contributed by atoms with E-state index in [1.165, 1.54) is 24.8 Å². The second-order valence-electron chi connectivity index (χ2n) is 5.92. The lowest BCUT2D eigenvalue weighted by Crippen LogP contribution is -2.24. The molecular weight excluding hydrogens is 372 g/mol. The van der Waals surface area contributed by atoms with E-state index in [4.69, 9.17) is 4.74 Å². The molecule has 0 amide bonds. The van der Waals surface area contributed by atoms with Gasteiger partial charge in [0, 0.05) is 33.3 Å². The van der Waals surface area contributed by atoms with Crippen LogP contribution in [-0.4, -0.2) is 28.6 Å². The Morgan fingerprint density at radius 3 is 2.70 bits per heavy atom. The van der Waals surface area contributed by atoms with Gasteiger partial charge in [0.2, 0.25) is 5.78 Å². The second kappa shape index (κ2) is 8.35. The van der Waals surface area contributed by atoms with Crippen LogP contribution in [0, 0.1) is 11.6 Å². The highest BCUT2D eigenvalue weighted by Crippen LogP contribution is 2.22. The highest BCUT2D eigenvalue weighted by atomic mass is 32.2. The van der Waals surface area contributed by atoms with Gasteiger partial charge in [0.25, 0.3) is 0 Å². The molecule has 1 aromatic heterocycles. The van der Waals surface area contributed by atoms with Crippen LogP contribution in [0.15, 0.2) is 53.6 Å². The van der Waals surface area contributed by atoms with Crippen LogP contribution in [0.4, 0.5) is 8.78 Å². The number of halogens is 2. The quantitative estimate of drug-likeness (QED) is 0.360. The van der Waals surface area contributed by atoms with E-state index in [2.05, 4.69) is 4.98 Å². The molecule has 3 rings (SSSR count). The first-order valence-corrected chi connectivity index (χ1v) is 9.32. The molecule has 0 aliphatic heterocycles. The maximum absolute atomic E-state index is 13.2. The fraction of sp³-hybridized carbons (Fsp3) is 0.200. The molecule has 2 aromatic carbocycles. The number of carbonyl (C=O) groups excluding carboxylic acids is 2. The molecule has 1 atom stereocenters. The van der Waals surface area contributed by atoms with Crippen molar-refractivity contribution in [2.45, 2.75) is 24.3 Å². The number of ketones is 1. The minimum atomic E-state index is -0.930. The lowest BCUT2D eigenvalue weighted by atomic mass is 10.1. The Bertz CT molecular complexity index is 986. The molecule has 7 heteroatoms. The van der Waals surface area contributed by atoms with E-state index < -0.39 is 23.7 Å². The van der Waals surface area contributed by atoms with Crippen LogP contribution in [0.25, 0.3) is 10.9 Å². The summed E-state index contributed by atoms with van der Waals surface area (Å²) in [5.74, 6) is -2.32. The predicted octanol–water partition coefficient (Wildman–Crippen LogP) is 4.74. The highest BCUT2D eigenvalue weighted by molar-refractivity contribution is 7.99. The summed E-state index contributed by atoms with van der Waals surface area (Å²) in [6, 6.07) is 10.9. The van der Waals surface area contributed by atoms with Gasteiger partial charge in [-0.15, -0.1) is 11.8 Å². The fourth-order valence-corrected chi connectivity index (χ4v) is 3.48. The maximum Gasteiger partial charge on any atom is 0.307 e. The fourth-order valence-electron chi connectivity index (χ4n) is 2.62. The Morgan fingerprint density at radius 2 is 1.93 bits per heavy atom. The van der Waals surface area contributed by atoms with Gasteiger partial charge in [-0.3, -0.25) is 9.59 Å². The molecular formula is C20H17F2NO3S. The van der Waals surface area contributed by atoms with Crippen molar-refractivity contribution >= 4 is 34.4 Å². The average Bonchev–Trinajstić information content (AvgIpc) is 3.08. The molecule has 0 aliphatic rings. The Morgan fingerprint density at radius 1 is 1.15 bits per heavy atom. The summed E-state index contributed by atoms with van der Waals surface area (Å²) in [5.41, 5.74) is 1.31. The van der Waals surface area contributed by atoms with E-state index in [0.29, 0.717) is 16.2 Å². The van der Waals surface area contributed by atoms with Crippen molar-refractivity contribution in [1.29, 1.82) is 0 Å². The van der Waals surface area contributed by atoms with Gasteiger partial charge < -0.3 is 9.72 Å². The number of H-pyrrole nitrogens is 1. The van der Waals surface area contributed by atoms with E-state index in [9.17, 15) is 18.4 Å². The van der Waals surface area contributed by atoms with Crippen LogP contribution >= 0.6 is 11.8 Å². The van der Waals surface area contributed by atoms with E-state index in [1.807, 2.05) is 24.3 Å². The largest absolute Gasteiger partial charge is 0.454 e. The van der Waals surface area contributed by atoms with E-state index >= 15 is 0 Å². The predicted molar refractivity (Wildman–Crippen MR) is 99.9 cm³/mol. The molecule has 1 heterocycles. The number of ether oxygens (including phenoxy) is 1. The van der Waals surface area contributed by atoms with Crippen LogP contribution in [-0.2, 0) is 9.53 Å². The number of nitrogens with one attached hydrogen (secondary N) is 1. The van der Waals surface area contributed by atoms with E-state index in [1.54, 1.807) is 6.20 Å². The van der Waals surface area contributed by atoms with Gasteiger partial charge in [-0.1, -0.05) is 18.2 Å². The number of carbonyl (C=O) groups is 2. The van der Waals surface area contributed by atoms with Gasteiger partial charge >= 0.3 is 5.97 Å². The smallest absolute Gasteiger partial charge is 0.307 e. The van der Waals surface area contributed by atoms with Gasteiger partial charge in [0.15, 0.2) is 17.7 Å². The average molecular weight is 389 g/mol. The van der Waals surface area contributed by atoms with Crippen molar-refractivity contribution in [1.82, 2.24) is 4.98 Å². The number of hydrogen-bond donors (Lipinski definition) is 1. The summed E-state index contributed by atoms with van der Waals surface area (Å²) in [6.07, 6.45) is 0.746. The summed E-state index contributed by atoms with van der Waals surface area (Å²) < 4.78 is 31.3. The number of rotatable bonds is 7. The number of hydrogen-bond acceptors (Lipinski definition) is 4. The van der Waals surface area contributed by atoms with Crippen LogP contribution < -0.4 is 0 Å². The number of Topliss-reactive ketones (excluding diaryl/α,β-unsaturated/α-hetero) is 1. The van der Waals surface area contributed by atoms with Crippen molar-refractivity contribution in [2.24, 2.45) is 0 Å². The summed E-state index contributed by atoms with van der Waals surface area (Å²) in [7, 11) is 0. The molecule has 0 saturated carbocycles.